The van der Waals surface area contributed by atoms with E-state index in [1.165, 1.54) is 69.2 Å². The zero-order valence-corrected chi connectivity index (χ0v) is 29.3. The largest absolute Gasteiger partial charge is 0.490 e. The SMILES string of the molecule is CCCCCCCCCCCCOc1c(C(=O)Oc2ccc(C(=O)OC[C@H](CC)OCCCCC)cc2)ccc(-c2ccccc2)c1F. The lowest BCUT2D eigenvalue weighted by atomic mass is 10.0. The summed E-state index contributed by atoms with van der Waals surface area (Å²) in [6.45, 7) is 7.48. The molecule has 3 rings (SSSR count). The van der Waals surface area contributed by atoms with E-state index in [2.05, 4.69) is 13.8 Å². The van der Waals surface area contributed by atoms with E-state index in [0.717, 1.165) is 44.9 Å². The number of hydrogen-bond acceptors (Lipinski definition) is 6. The molecule has 0 saturated carbocycles. The van der Waals surface area contributed by atoms with Crippen molar-refractivity contribution in [2.75, 3.05) is 19.8 Å². The van der Waals surface area contributed by atoms with Crippen LogP contribution < -0.4 is 9.47 Å². The van der Waals surface area contributed by atoms with Crippen LogP contribution in [-0.2, 0) is 9.47 Å². The molecule has 0 heterocycles. The van der Waals surface area contributed by atoms with Crippen LogP contribution in [0.5, 0.6) is 11.5 Å². The predicted molar refractivity (Wildman–Crippen MR) is 190 cm³/mol. The standard InChI is InChI=1S/C41H55FO6/c1-4-7-9-10-11-12-13-14-15-20-30-46-39-37(28-27-36(38(39)42)32-21-17-16-18-22-32)41(44)48-35-25-23-33(24-26-35)40(43)47-31-34(6-3)45-29-19-8-5-2/h16-18,21-28,34H,4-15,19-20,29-31H2,1-3H3/t34-/m0/s1. The zero-order chi connectivity index (χ0) is 34.4. The van der Waals surface area contributed by atoms with E-state index in [0.29, 0.717) is 29.9 Å². The first-order chi connectivity index (χ1) is 23.5. The van der Waals surface area contributed by atoms with Crippen LogP contribution in [0.15, 0.2) is 66.7 Å². The van der Waals surface area contributed by atoms with Gasteiger partial charge >= 0.3 is 11.9 Å². The second-order valence-electron chi connectivity index (χ2n) is 12.3. The van der Waals surface area contributed by atoms with Crippen molar-refractivity contribution in [3.63, 3.8) is 0 Å². The molecule has 0 amide bonds. The van der Waals surface area contributed by atoms with Gasteiger partial charge in [-0.25, -0.2) is 14.0 Å². The average Bonchev–Trinajstić information content (AvgIpc) is 3.11. The summed E-state index contributed by atoms with van der Waals surface area (Å²) in [7, 11) is 0. The fourth-order valence-electron chi connectivity index (χ4n) is 5.42. The number of esters is 2. The molecule has 1 atom stereocenters. The van der Waals surface area contributed by atoms with Crippen molar-refractivity contribution in [3.8, 4) is 22.6 Å². The molecule has 48 heavy (non-hydrogen) atoms. The lowest BCUT2D eigenvalue weighted by molar-refractivity contribution is -0.0106. The van der Waals surface area contributed by atoms with Crippen LogP contribution in [0, 0.1) is 5.82 Å². The van der Waals surface area contributed by atoms with Crippen LogP contribution >= 0.6 is 0 Å². The van der Waals surface area contributed by atoms with Gasteiger partial charge in [0, 0.05) is 12.2 Å². The smallest absolute Gasteiger partial charge is 0.347 e. The van der Waals surface area contributed by atoms with Gasteiger partial charge in [0.1, 0.15) is 17.9 Å². The monoisotopic (exact) mass is 662 g/mol. The number of carbonyl (C=O) groups excluding carboxylic acids is 2. The topological polar surface area (TPSA) is 71.1 Å². The molecule has 0 aliphatic rings. The third-order valence-corrected chi connectivity index (χ3v) is 8.40. The second-order valence-corrected chi connectivity index (χ2v) is 12.3. The Balaban J connectivity index is 1.59. The Morgan fingerprint density at radius 3 is 1.92 bits per heavy atom. The molecule has 3 aromatic rings. The van der Waals surface area contributed by atoms with E-state index in [1.54, 1.807) is 12.1 Å². The highest BCUT2D eigenvalue weighted by Crippen LogP contribution is 2.33. The Bertz CT molecular complexity index is 1340. The predicted octanol–water partition coefficient (Wildman–Crippen LogP) is 11.2. The number of ether oxygens (including phenoxy) is 4. The molecule has 0 unspecified atom stereocenters. The van der Waals surface area contributed by atoms with Crippen LogP contribution in [0.25, 0.3) is 11.1 Å². The molecule has 6 nitrogen and oxygen atoms in total. The van der Waals surface area contributed by atoms with Crippen LogP contribution in [0.4, 0.5) is 4.39 Å². The van der Waals surface area contributed by atoms with E-state index in [1.807, 2.05) is 37.3 Å². The van der Waals surface area contributed by atoms with E-state index < -0.39 is 17.8 Å². The minimum Gasteiger partial charge on any atom is -0.490 e. The van der Waals surface area contributed by atoms with Gasteiger partial charge in [0.25, 0.3) is 0 Å². The third kappa shape index (κ3) is 13.4. The van der Waals surface area contributed by atoms with Crippen molar-refractivity contribution in [3.05, 3.63) is 83.7 Å². The molecular formula is C41H55FO6. The normalized spacial score (nSPS) is 11.7. The summed E-state index contributed by atoms with van der Waals surface area (Å²) in [5, 5.41) is 0. The van der Waals surface area contributed by atoms with Crippen molar-refractivity contribution in [2.24, 2.45) is 0 Å². The van der Waals surface area contributed by atoms with E-state index in [-0.39, 0.29) is 29.8 Å². The lowest BCUT2D eigenvalue weighted by Gasteiger charge is -2.16. The minimum atomic E-state index is -0.743. The van der Waals surface area contributed by atoms with Gasteiger partial charge in [0.15, 0.2) is 11.6 Å². The minimum absolute atomic E-state index is 0.00675. The highest BCUT2D eigenvalue weighted by atomic mass is 19.1. The van der Waals surface area contributed by atoms with Gasteiger partial charge in [-0.05, 0) is 55.2 Å². The maximum Gasteiger partial charge on any atom is 0.347 e. The highest BCUT2D eigenvalue weighted by Gasteiger charge is 2.23. The summed E-state index contributed by atoms with van der Waals surface area (Å²) in [5.74, 6) is -1.71. The van der Waals surface area contributed by atoms with Crippen LogP contribution in [0.1, 0.15) is 131 Å². The molecule has 262 valence electrons. The summed E-state index contributed by atoms with van der Waals surface area (Å²) in [5.41, 5.74) is 1.38. The Morgan fingerprint density at radius 1 is 0.667 bits per heavy atom. The molecular weight excluding hydrogens is 607 g/mol. The fourth-order valence-corrected chi connectivity index (χ4v) is 5.42. The van der Waals surface area contributed by atoms with Gasteiger partial charge < -0.3 is 18.9 Å². The van der Waals surface area contributed by atoms with E-state index >= 15 is 4.39 Å². The number of benzene rings is 3. The van der Waals surface area contributed by atoms with Crippen molar-refractivity contribution in [1.82, 2.24) is 0 Å². The Kier molecular flexibility index (Phi) is 18.4. The molecule has 0 fully saturated rings. The molecule has 0 radical (unpaired) electrons. The van der Waals surface area contributed by atoms with Gasteiger partial charge in [-0.3, -0.25) is 0 Å². The van der Waals surface area contributed by atoms with Gasteiger partial charge in [-0.15, -0.1) is 0 Å². The molecule has 0 aliphatic carbocycles. The van der Waals surface area contributed by atoms with Gasteiger partial charge in [0.2, 0.25) is 0 Å². The van der Waals surface area contributed by atoms with Crippen molar-refractivity contribution in [2.45, 2.75) is 117 Å². The fraction of sp³-hybridized carbons (Fsp3) is 0.512. The Morgan fingerprint density at radius 2 is 1.27 bits per heavy atom. The molecule has 3 aromatic carbocycles. The van der Waals surface area contributed by atoms with Crippen molar-refractivity contribution in [1.29, 1.82) is 0 Å². The molecule has 0 bridgehead atoms. The number of carbonyl (C=O) groups is 2. The number of rotatable bonds is 24. The summed E-state index contributed by atoms with van der Waals surface area (Å²) in [4.78, 5) is 25.9. The van der Waals surface area contributed by atoms with Crippen LogP contribution in [0.3, 0.4) is 0 Å². The molecule has 7 heteroatoms. The van der Waals surface area contributed by atoms with Gasteiger partial charge in [-0.2, -0.15) is 0 Å². The van der Waals surface area contributed by atoms with E-state index in [9.17, 15) is 9.59 Å². The lowest BCUT2D eigenvalue weighted by Crippen LogP contribution is -2.22. The number of unbranched alkanes of at least 4 members (excludes halogenated alkanes) is 11. The summed E-state index contributed by atoms with van der Waals surface area (Å²) in [6, 6.07) is 18.4. The van der Waals surface area contributed by atoms with Crippen LogP contribution in [-0.4, -0.2) is 37.9 Å². The quantitative estimate of drug-likeness (QED) is 0.0540. The average molecular weight is 663 g/mol. The summed E-state index contributed by atoms with van der Waals surface area (Å²) < 4.78 is 38.8. The van der Waals surface area contributed by atoms with Gasteiger partial charge in [0.05, 0.1) is 18.3 Å². The number of hydrogen-bond donors (Lipinski definition) is 0. The first kappa shape index (κ1) is 38.7. The maximum atomic E-state index is 15.9. The molecule has 0 aromatic heterocycles. The Hall–Kier alpha value is -3.71. The van der Waals surface area contributed by atoms with Crippen LogP contribution in [0.2, 0.25) is 0 Å². The third-order valence-electron chi connectivity index (χ3n) is 8.40. The Labute approximate surface area is 287 Å². The van der Waals surface area contributed by atoms with Crippen molar-refractivity contribution < 1.29 is 32.9 Å². The maximum absolute atomic E-state index is 15.9. The molecule has 0 spiro atoms. The summed E-state index contributed by atoms with van der Waals surface area (Å²) in [6.07, 6.45) is 15.5. The first-order valence-electron chi connectivity index (χ1n) is 18.1. The first-order valence-corrected chi connectivity index (χ1v) is 18.1. The summed E-state index contributed by atoms with van der Waals surface area (Å²) >= 11 is 0. The van der Waals surface area contributed by atoms with Gasteiger partial charge in [-0.1, -0.05) is 128 Å². The molecule has 0 N–H and O–H groups in total. The molecule has 0 aliphatic heterocycles. The van der Waals surface area contributed by atoms with Crippen molar-refractivity contribution >= 4 is 11.9 Å². The zero-order valence-electron chi connectivity index (χ0n) is 29.3. The molecule has 0 saturated heterocycles. The second kappa shape index (κ2) is 22.8. The van der Waals surface area contributed by atoms with E-state index in [4.69, 9.17) is 18.9 Å². The highest BCUT2D eigenvalue weighted by molar-refractivity contribution is 5.95. The number of halogens is 1.